The molecule has 0 radical (unpaired) electrons. The van der Waals surface area contributed by atoms with E-state index in [9.17, 15) is 0 Å². The van der Waals surface area contributed by atoms with Crippen molar-refractivity contribution in [3.63, 3.8) is 0 Å². The van der Waals surface area contributed by atoms with Crippen molar-refractivity contribution in [1.29, 1.82) is 0 Å². The molecule has 0 unspecified atom stereocenters. The highest BCUT2D eigenvalue weighted by Crippen LogP contribution is 2.29. The number of hydrogen-bond donors (Lipinski definition) is 0. The van der Waals surface area contributed by atoms with Gasteiger partial charge in [0.15, 0.2) is 0 Å². The highest BCUT2D eigenvalue weighted by atomic mass is 16.5. The maximum atomic E-state index is 5.43. The van der Waals surface area contributed by atoms with E-state index >= 15 is 0 Å². The van der Waals surface area contributed by atoms with Gasteiger partial charge in [0.25, 0.3) is 0 Å². The summed E-state index contributed by atoms with van der Waals surface area (Å²) in [5.74, 6) is 0. The number of morpholine rings is 1. The Hall–Kier alpha value is -2.00. The smallest absolute Gasteiger partial charge is 0.0642 e. The largest absolute Gasteiger partial charge is 0.378 e. The fourth-order valence-electron chi connectivity index (χ4n) is 2.92. The molecular formula is C18H22N2O. The molecule has 0 amide bonds. The van der Waals surface area contributed by atoms with Gasteiger partial charge in [-0.1, -0.05) is 18.7 Å². The van der Waals surface area contributed by atoms with Crippen molar-refractivity contribution in [2.45, 2.75) is 13.5 Å². The van der Waals surface area contributed by atoms with Crippen LogP contribution in [0.25, 0.3) is 17.2 Å². The van der Waals surface area contributed by atoms with Crippen LogP contribution in [0, 0.1) is 0 Å². The van der Waals surface area contributed by atoms with Crippen LogP contribution in [-0.2, 0) is 11.3 Å². The van der Waals surface area contributed by atoms with Gasteiger partial charge in [0.05, 0.1) is 13.2 Å². The van der Waals surface area contributed by atoms with Gasteiger partial charge in [-0.05, 0) is 36.8 Å². The quantitative estimate of drug-likeness (QED) is 0.851. The Morgan fingerprint density at radius 3 is 2.76 bits per heavy atom. The first kappa shape index (κ1) is 14.0. The lowest BCUT2D eigenvalue weighted by molar-refractivity contribution is 0.122. The van der Waals surface area contributed by atoms with E-state index in [2.05, 4.69) is 59.5 Å². The van der Waals surface area contributed by atoms with Crippen LogP contribution in [0.5, 0.6) is 0 Å². The van der Waals surface area contributed by atoms with E-state index in [-0.39, 0.29) is 0 Å². The number of rotatable bonds is 4. The summed E-state index contributed by atoms with van der Waals surface area (Å²) in [6.45, 7) is 10.6. The third-order valence-corrected chi connectivity index (χ3v) is 4.07. The topological polar surface area (TPSA) is 17.4 Å². The van der Waals surface area contributed by atoms with Gasteiger partial charge in [-0.2, -0.15) is 0 Å². The number of benzene rings is 1. The standard InChI is InChI=1S/C18H22N2O/c1-3-18-17(8-9-19(18)4-2)15-6-5-7-16(14-15)20-10-12-21-13-11-20/h3,5-9,14H,1,4,10-13H2,2H3. The summed E-state index contributed by atoms with van der Waals surface area (Å²) in [4.78, 5) is 2.39. The molecule has 1 aromatic heterocycles. The molecular weight excluding hydrogens is 260 g/mol. The van der Waals surface area contributed by atoms with Crippen LogP contribution in [0.3, 0.4) is 0 Å². The Morgan fingerprint density at radius 1 is 1.24 bits per heavy atom. The van der Waals surface area contributed by atoms with Crippen LogP contribution >= 0.6 is 0 Å². The summed E-state index contributed by atoms with van der Waals surface area (Å²) >= 11 is 0. The summed E-state index contributed by atoms with van der Waals surface area (Å²) in [5, 5.41) is 0. The summed E-state index contributed by atoms with van der Waals surface area (Å²) in [6.07, 6.45) is 4.08. The minimum atomic E-state index is 0.814. The summed E-state index contributed by atoms with van der Waals surface area (Å²) in [6, 6.07) is 10.9. The maximum absolute atomic E-state index is 5.43. The van der Waals surface area contributed by atoms with Crippen LogP contribution in [0.1, 0.15) is 12.6 Å². The first-order chi connectivity index (χ1) is 10.3. The molecule has 0 bridgehead atoms. The summed E-state index contributed by atoms with van der Waals surface area (Å²) in [5.41, 5.74) is 4.97. The van der Waals surface area contributed by atoms with E-state index in [1.165, 1.54) is 22.5 Å². The van der Waals surface area contributed by atoms with Crippen LogP contribution in [0.2, 0.25) is 0 Å². The molecule has 1 aliphatic heterocycles. The van der Waals surface area contributed by atoms with Gasteiger partial charge >= 0.3 is 0 Å². The van der Waals surface area contributed by atoms with Crippen molar-refractivity contribution >= 4 is 11.8 Å². The van der Waals surface area contributed by atoms with Gasteiger partial charge in [-0.3, -0.25) is 0 Å². The summed E-state index contributed by atoms with van der Waals surface area (Å²) in [7, 11) is 0. The third kappa shape index (κ3) is 2.74. The van der Waals surface area contributed by atoms with Crippen LogP contribution in [0.4, 0.5) is 5.69 Å². The van der Waals surface area contributed by atoms with Gasteiger partial charge in [0.2, 0.25) is 0 Å². The molecule has 0 atom stereocenters. The van der Waals surface area contributed by atoms with Crippen molar-refractivity contribution < 1.29 is 4.74 Å². The average molecular weight is 282 g/mol. The fraction of sp³-hybridized carbons (Fsp3) is 0.333. The lowest BCUT2D eigenvalue weighted by Gasteiger charge is -2.29. The Labute approximate surface area is 126 Å². The monoisotopic (exact) mass is 282 g/mol. The predicted molar refractivity (Wildman–Crippen MR) is 88.7 cm³/mol. The molecule has 21 heavy (non-hydrogen) atoms. The number of anilines is 1. The van der Waals surface area contributed by atoms with Gasteiger partial charge in [-0.25, -0.2) is 0 Å². The molecule has 0 saturated carbocycles. The van der Waals surface area contributed by atoms with Gasteiger partial charge < -0.3 is 14.2 Å². The van der Waals surface area contributed by atoms with Crippen molar-refractivity contribution in [2.24, 2.45) is 0 Å². The maximum Gasteiger partial charge on any atom is 0.0642 e. The van der Waals surface area contributed by atoms with Crippen molar-refractivity contribution in [3.8, 4) is 11.1 Å². The second-order valence-corrected chi connectivity index (χ2v) is 5.25. The highest BCUT2D eigenvalue weighted by molar-refractivity contribution is 5.76. The van der Waals surface area contributed by atoms with E-state index in [1.54, 1.807) is 0 Å². The molecule has 1 aliphatic rings. The molecule has 3 heteroatoms. The van der Waals surface area contributed by atoms with E-state index in [0.717, 1.165) is 32.8 Å². The molecule has 0 N–H and O–H groups in total. The Kier molecular flexibility index (Phi) is 4.11. The highest BCUT2D eigenvalue weighted by Gasteiger charge is 2.13. The first-order valence-electron chi connectivity index (χ1n) is 7.58. The molecule has 2 aromatic rings. The Balaban J connectivity index is 1.95. The van der Waals surface area contributed by atoms with E-state index < -0.39 is 0 Å². The molecule has 110 valence electrons. The molecule has 3 rings (SSSR count). The summed E-state index contributed by atoms with van der Waals surface area (Å²) < 4.78 is 7.66. The average Bonchev–Trinajstić information content (AvgIpc) is 2.99. The number of aryl methyl sites for hydroxylation is 1. The zero-order valence-electron chi connectivity index (χ0n) is 12.6. The lowest BCUT2D eigenvalue weighted by Crippen LogP contribution is -2.36. The molecule has 1 aromatic carbocycles. The minimum Gasteiger partial charge on any atom is -0.378 e. The predicted octanol–water partition coefficient (Wildman–Crippen LogP) is 3.65. The lowest BCUT2D eigenvalue weighted by atomic mass is 10.0. The fourth-order valence-corrected chi connectivity index (χ4v) is 2.92. The van der Waals surface area contributed by atoms with Gasteiger partial charge in [0.1, 0.15) is 0 Å². The normalized spacial score (nSPS) is 15.2. The Bertz CT molecular complexity index is 624. The molecule has 1 saturated heterocycles. The SMILES string of the molecule is C=Cc1c(-c2cccc(N3CCOCC3)c2)ccn1CC. The molecule has 0 spiro atoms. The minimum absolute atomic E-state index is 0.814. The molecule has 1 fully saturated rings. The first-order valence-corrected chi connectivity index (χ1v) is 7.58. The van der Waals surface area contributed by atoms with Crippen molar-refractivity contribution in [2.75, 3.05) is 31.2 Å². The van der Waals surface area contributed by atoms with E-state index in [4.69, 9.17) is 4.74 Å². The van der Waals surface area contributed by atoms with Gasteiger partial charge in [0, 0.05) is 42.8 Å². The number of ether oxygens (including phenoxy) is 1. The van der Waals surface area contributed by atoms with Crippen LogP contribution < -0.4 is 4.90 Å². The van der Waals surface area contributed by atoms with E-state index in [0.29, 0.717) is 0 Å². The second kappa shape index (κ2) is 6.19. The molecule has 3 nitrogen and oxygen atoms in total. The zero-order valence-corrected chi connectivity index (χ0v) is 12.6. The van der Waals surface area contributed by atoms with E-state index in [1.807, 2.05) is 6.08 Å². The van der Waals surface area contributed by atoms with Crippen molar-refractivity contribution in [3.05, 3.63) is 48.8 Å². The number of aromatic nitrogens is 1. The zero-order chi connectivity index (χ0) is 14.7. The van der Waals surface area contributed by atoms with Crippen LogP contribution in [-0.4, -0.2) is 30.9 Å². The molecule has 0 aliphatic carbocycles. The Morgan fingerprint density at radius 2 is 2.05 bits per heavy atom. The van der Waals surface area contributed by atoms with Gasteiger partial charge in [-0.15, -0.1) is 0 Å². The van der Waals surface area contributed by atoms with Crippen molar-refractivity contribution in [1.82, 2.24) is 4.57 Å². The molecule has 2 heterocycles. The third-order valence-electron chi connectivity index (χ3n) is 4.07. The number of nitrogens with zero attached hydrogens (tertiary/aromatic N) is 2. The van der Waals surface area contributed by atoms with Crippen LogP contribution in [0.15, 0.2) is 43.1 Å². The second-order valence-electron chi connectivity index (χ2n) is 5.25. The number of hydrogen-bond acceptors (Lipinski definition) is 2.